The fourth-order valence-electron chi connectivity index (χ4n) is 3.78. The van der Waals surface area contributed by atoms with E-state index in [4.69, 9.17) is 16.3 Å². The number of halogens is 1. The molecule has 3 heterocycles. The summed E-state index contributed by atoms with van der Waals surface area (Å²) in [6.07, 6.45) is 3.21. The van der Waals surface area contributed by atoms with Crippen molar-refractivity contribution in [2.24, 2.45) is 0 Å². The quantitative estimate of drug-likeness (QED) is 0.506. The van der Waals surface area contributed by atoms with Gasteiger partial charge in [0, 0.05) is 35.2 Å². The Bertz CT molecular complexity index is 1050. The number of amides is 1. The van der Waals surface area contributed by atoms with Crippen molar-refractivity contribution in [3.05, 3.63) is 81.7 Å². The van der Waals surface area contributed by atoms with Gasteiger partial charge in [-0.25, -0.2) is 4.98 Å². The van der Waals surface area contributed by atoms with Crippen molar-refractivity contribution in [3.8, 4) is 17.0 Å². The minimum Gasteiger partial charge on any atom is -0.478 e. The van der Waals surface area contributed by atoms with Crippen molar-refractivity contribution in [2.75, 3.05) is 13.2 Å². The predicted molar refractivity (Wildman–Crippen MR) is 118 cm³/mol. The molecule has 1 aliphatic heterocycles. The van der Waals surface area contributed by atoms with Crippen LogP contribution in [0.4, 0.5) is 0 Å². The minimum atomic E-state index is -0.0645. The summed E-state index contributed by atoms with van der Waals surface area (Å²) < 4.78 is 6.21. The third kappa shape index (κ3) is 3.93. The molecule has 1 aliphatic rings. The molecule has 3 aromatic rings. The third-order valence-corrected chi connectivity index (χ3v) is 6.35. The van der Waals surface area contributed by atoms with E-state index in [0.29, 0.717) is 25.6 Å². The van der Waals surface area contributed by atoms with Gasteiger partial charge in [0.15, 0.2) is 0 Å². The molecule has 148 valence electrons. The monoisotopic (exact) mass is 424 g/mol. The van der Waals surface area contributed by atoms with Gasteiger partial charge in [-0.3, -0.25) is 4.79 Å². The van der Waals surface area contributed by atoms with Gasteiger partial charge in [0.25, 0.3) is 0 Å². The Labute approximate surface area is 179 Å². The van der Waals surface area contributed by atoms with E-state index in [2.05, 4.69) is 23.7 Å². The van der Waals surface area contributed by atoms with E-state index in [1.54, 1.807) is 0 Å². The zero-order chi connectivity index (χ0) is 20.4. The Balaban J connectivity index is 1.78. The number of ether oxygens (including phenoxy) is 1. The van der Waals surface area contributed by atoms with E-state index in [1.165, 1.54) is 23.0 Å². The van der Waals surface area contributed by atoms with E-state index in [0.717, 1.165) is 25.9 Å². The van der Waals surface area contributed by atoms with Gasteiger partial charge in [-0.05, 0) is 41.8 Å². The molecular weight excluding hydrogens is 404 g/mol. The fraction of sp³-hybridized carbons (Fsp3) is 0.217. The molecule has 4 rings (SSSR count). The van der Waals surface area contributed by atoms with Gasteiger partial charge in [0.1, 0.15) is 0 Å². The molecule has 0 radical (unpaired) electrons. The highest BCUT2D eigenvalue weighted by Gasteiger charge is 2.31. The Morgan fingerprint density at radius 1 is 1.34 bits per heavy atom. The first kappa shape index (κ1) is 19.7. The van der Waals surface area contributed by atoms with E-state index in [1.807, 2.05) is 48.4 Å². The predicted octanol–water partition coefficient (Wildman–Crippen LogP) is 5.52. The first-order valence-corrected chi connectivity index (χ1v) is 10.7. The van der Waals surface area contributed by atoms with Crippen LogP contribution in [0.25, 0.3) is 11.1 Å². The van der Waals surface area contributed by atoms with E-state index in [9.17, 15) is 4.79 Å². The Hall–Kier alpha value is -2.63. The molecule has 4 nitrogen and oxygen atoms in total. The summed E-state index contributed by atoms with van der Waals surface area (Å²) in [7, 11) is 0. The third-order valence-electron chi connectivity index (χ3n) is 5.09. The molecule has 0 N–H and O–H groups in total. The number of aromatic nitrogens is 1. The van der Waals surface area contributed by atoms with Crippen molar-refractivity contribution >= 4 is 28.8 Å². The molecule has 0 unspecified atom stereocenters. The van der Waals surface area contributed by atoms with Crippen LogP contribution in [0.1, 0.15) is 28.8 Å². The van der Waals surface area contributed by atoms with E-state index >= 15 is 0 Å². The number of hydrogen-bond donors (Lipinski definition) is 0. The van der Waals surface area contributed by atoms with Gasteiger partial charge in [-0.1, -0.05) is 42.4 Å². The van der Waals surface area contributed by atoms with Crippen LogP contribution in [0.3, 0.4) is 0 Å². The first-order valence-electron chi connectivity index (χ1n) is 9.48. The zero-order valence-corrected chi connectivity index (χ0v) is 17.7. The van der Waals surface area contributed by atoms with Gasteiger partial charge in [-0.15, -0.1) is 11.3 Å². The molecule has 0 aliphatic carbocycles. The minimum absolute atomic E-state index is 0.0363. The van der Waals surface area contributed by atoms with Crippen molar-refractivity contribution in [2.45, 2.75) is 19.4 Å². The molecule has 1 atom stereocenters. The summed E-state index contributed by atoms with van der Waals surface area (Å²) in [6.45, 7) is 7.33. The summed E-state index contributed by atoms with van der Waals surface area (Å²) in [5.74, 6) is 0.584. The van der Waals surface area contributed by atoms with E-state index < -0.39 is 0 Å². The normalized spacial score (nSPS) is 15.7. The number of carbonyl (C=O) groups is 1. The number of thiophene rings is 1. The highest BCUT2D eigenvalue weighted by atomic mass is 35.5. The van der Waals surface area contributed by atoms with Crippen LogP contribution in [0.2, 0.25) is 4.34 Å². The summed E-state index contributed by atoms with van der Waals surface area (Å²) in [4.78, 5) is 19.7. The lowest BCUT2D eigenvalue weighted by atomic mass is 9.84. The fourth-order valence-corrected chi connectivity index (χ4v) is 5.14. The summed E-state index contributed by atoms with van der Waals surface area (Å²) in [5, 5.41) is 0. The number of carbonyl (C=O) groups excluding carboxylic acids is 1. The SMILES string of the molecule is C=CC(=O)N1Cc2sc(Cl)cc2[C@@H](c2ccccc2-c2ccc(OCC)nc2)C1. The lowest BCUT2D eigenvalue weighted by Crippen LogP contribution is -2.37. The maximum absolute atomic E-state index is 12.4. The molecule has 1 amide bonds. The largest absolute Gasteiger partial charge is 0.478 e. The van der Waals surface area contributed by atoms with Crippen molar-refractivity contribution < 1.29 is 9.53 Å². The molecule has 0 spiro atoms. The first-order chi connectivity index (χ1) is 14.1. The highest BCUT2D eigenvalue weighted by molar-refractivity contribution is 7.16. The Morgan fingerprint density at radius 2 is 2.17 bits per heavy atom. The molecular formula is C23H21ClN2O2S. The number of rotatable bonds is 5. The molecule has 2 aromatic heterocycles. The molecule has 1 aromatic carbocycles. The van der Waals surface area contributed by atoms with Crippen LogP contribution in [-0.2, 0) is 11.3 Å². The zero-order valence-electron chi connectivity index (χ0n) is 16.1. The van der Waals surface area contributed by atoms with Crippen molar-refractivity contribution in [3.63, 3.8) is 0 Å². The Kier molecular flexibility index (Phi) is 5.69. The van der Waals surface area contributed by atoms with Crippen LogP contribution in [-0.4, -0.2) is 28.9 Å². The summed E-state index contributed by atoms with van der Waals surface area (Å²) >= 11 is 7.88. The second-order valence-corrected chi connectivity index (χ2v) is 8.58. The lowest BCUT2D eigenvalue weighted by molar-refractivity contribution is -0.127. The van der Waals surface area contributed by atoms with Gasteiger partial charge in [0.2, 0.25) is 11.8 Å². The van der Waals surface area contributed by atoms with Gasteiger partial charge in [0.05, 0.1) is 17.5 Å². The van der Waals surface area contributed by atoms with Gasteiger partial charge >= 0.3 is 0 Å². The lowest BCUT2D eigenvalue weighted by Gasteiger charge is -2.33. The highest BCUT2D eigenvalue weighted by Crippen LogP contribution is 2.42. The molecule has 0 saturated heterocycles. The molecule has 6 heteroatoms. The smallest absolute Gasteiger partial charge is 0.246 e. The Morgan fingerprint density at radius 3 is 2.90 bits per heavy atom. The van der Waals surface area contributed by atoms with Crippen LogP contribution in [0.15, 0.2) is 61.3 Å². The van der Waals surface area contributed by atoms with Crippen LogP contribution >= 0.6 is 22.9 Å². The number of pyridine rings is 1. The van der Waals surface area contributed by atoms with Gasteiger partial charge < -0.3 is 9.64 Å². The number of nitrogens with zero attached hydrogens (tertiary/aromatic N) is 2. The van der Waals surface area contributed by atoms with Crippen LogP contribution in [0.5, 0.6) is 5.88 Å². The number of fused-ring (bicyclic) bond motifs is 1. The van der Waals surface area contributed by atoms with Crippen LogP contribution < -0.4 is 4.74 Å². The molecule has 0 saturated carbocycles. The van der Waals surface area contributed by atoms with Crippen molar-refractivity contribution in [1.29, 1.82) is 0 Å². The standard InChI is InChI=1S/C23H21ClN2O2S/c1-3-23(27)26-13-19(18-11-21(24)29-20(18)14-26)17-8-6-5-7-16(17)15-9-10-22(25-12-15)28-4-2/h3,5-12,19H,1,4,13-14H2,2H3/t19-/m1/s1. The second kappa shape index (κ2) is 8.39. The molecule has 0 fully saturated rings. The van der Waals surface area contributed by atoms with Crippen molar-refractivity contribution in [1.82, 2.24) is 9.88 Å². The average Bonchev–Trinajstić information content (AvgIpc) is 3.13. The maximum atomic E-state index is 12.4. The summed E-state index contributed by atoms with van der Waals surface area (Å²) in [6, 6.07) is 14.2. The number of hydrogen-bond acceptors (Lipinski definition) is 4. The second-order valence-electron chi connectivity index (χ2n) is 6.81. The molecule has 29 heavy (non-hydrogen) atoms. The molecule has 0 bridgehead atoms. The van der Waals surface area contributed by atoms with E-state index in [-0.39, 0.29) is 11.8 Å². The van der Waals surface area contributed by atoms with Crippen LogP contribution in [0, 0.1) is 0 Å². The average molecular weight is 425 g/mol. The maximum Gasteiger partial charge on any atom is 0.246 e. The number of benzene rings is 1. The topological polar surface area (TPSA) is 42.4 Å². The summed E-state index contributed by atoms with van der Waals surface area (Å²) in [5.41, 5.74) is 4.45. The van der Waals surface area contributed by atoms with Gasteiger partial charge in [-0.2, -0.15) is 0 Å².